The van der Waals surface area contributed by atoms with Gasteiger partial charge in [0.1, 0.15) is 5.82 Å². The van der Waals surface area contributed by atoms with E-state index in [1.165, 1.54) is 5.69 Å². The number of pyridine rings is 1. The van der Waals surface area contributed by atoms with Crippen LogP contribution in [0.3, 0.4) is 0 Å². The maximum Gasteiger partial charge on any atom is 0.160 e. The second-order valence-electron chi connectivity index (χ2n) is 3.23. The molecule has 0 saturated carbocycles. The van der Waals surface area contributed by atoms with Gasteiger partial charge in [-0.2, -0.15) is 0 Å². The maximum absolute atomic E-state index is 4.16. The lowest BCUT2D eigenvalue weighted by Gasteiger charge is -2.00. The van der Waals surface area contributed by atoms with Gasteiger partial charge in [-0.25, -0.2) is 0 Å². The topological polar surface area (TPSA) is 30.2 Å². The molecule has 0 amide bonds. The SMILES string of the molecule is CCCc1nnc2cccc(C)n12. The van der Waals surface area contributed by atoms with Gasteiger partial charge in [0, 0.05) is 12.1 Å². The number of fused-ring (bicyclic) bond motifs is 1. The molecule has 0 fully saturated rings. The summed E-state index contributed by atoms with van der Waals surface area (Å²) >= 11 is 0. The third-order valence-corrected chi connectivity index (χ3v) is 2.16. The molecule has 0 aromatic carbocycles. The Labute approximate surface area is 77.4 Å². The fraction of sp³-hybridized carbons (Fsp3) is 0.400. The molecule has 13 heavy (non-hydrogen) atoms. The average Bonchev–Trinajstić information content (AvgIpc) is 2.51. The summed E-state index contributed by atoms with van der Waals surface area (Å²) in [6.45, 7) is 4.23. The number of aryl methyl sites for hydroxylation is 2. The highest BCUT2D eigenvalue weighted by Crippen LogP contribution is 2.08. The van der Waals surface area contributed by atoms with Crippen molar-refractivity contribution in [1.29, 1.82) is 0 Å². The molecule has 0 aliphatic rings. The molecule has 3 heteroatoms. The fourth-order valence-corrected chi connectivity index (χ4v) is 1.56. The summed E-state index contributed by atoms with van der Waals surface area (Å²) in [6, 6.07) is 6.07. The van der Waals surface area contributed by atoms with Gasteiger partial charge >= 0.3 is 0 Å². The molecule has 2 heterocycles. The van der Waals surface area contributed by atoms with Crippen LogP contribution in [-0.4, -0.2) is 14.6 Å². The molecule has 2 rings (SSSR count). The van der Waals surface area contributed by atoms with Crippen LogP contribution in [0, 0.1) is 6.92 Å². The molecule has 2 aromatic rings. The van der Waals surface area contributed by atoms with Crippen LogP contribution in [0.25, 0.3) is 5.65 Å². The molecule has 0 aliphatic carbocycles. The van der Waals surface area contributed by atoms with Gasteiger partial charge in [0.2, 0.25) is 0 Å². The fourth-order valence-electron chi connectivity index (χ4n) is 1.56. The van der Waals surface area contributed by atoms with E-state index in [4.69, 9.17) is 0 Å². The first-order chi connectivity index (χ1) is 6.33. The van der Waals surface area contributed by atoms with Crippen LogP contribution in [0.5, 0.6) is 0 Å². The first kappa shape index (κ1) is 8.23. The highest BCUT2D eigenvalue weighted by Gasteiger charge is 2.04. The Morgan fingerprint density at radius 3 is 2.92 bits per heavy atom. The lowest BCUT2D eigenvalue weighted by Crippen LogP contribution is -1.97. The van der Waals surface area contributed by atoms with Crippen molar-refractivity contribution in [2.45, 2.75) is 26.7 Å². The minimum atomic E-state index is 0.948. The molecule has 0 unspecified atom stereocenters. The molecule has 0 atom stereocenters. The van der Waals surface area contributed by atoms with E-state index in [1.807, 2.05) is 12.1 Å². The Kier molecular flexibility index (Phi) is 2.00. The standard InChI is InChI=1S/C10H13N3/c1-3-5-9-11-12-10-7-4-6-8(2)13(9)10/h4,6-7H,3,5H2,1-2H3. The first-order valence-electron chi connectivity index (χ1n) is 4.62. The van der Waals surface area contributed by atoms with E-state index >= 15 is 0 Å². The van der Waals surface area contributed by atoms with Gasteiger partial charge in [-0.05, 0) is 25.5 Å². The van der Waals surface area contributed by atoms with Crippen molar-refractivity contribution >= 4 is 5.65 Å². The van der Waals surface area contributed by atoms with E-state index in [2.05, 4.69) is 34.5 Å². The van der Waals surface area contributed by atoms with E-state index < -0.39 is 0 Å². The molecular weight excluding hydrogens is 162 g/mol. The summed E-state index contributed by atoms with van der Waals surface area (Å²) in [7, 11) is 0. The Morgan fingerprint density at radius 1 is 1.31 bits per heavy atom. The Balaban J connectivity index is 2.64. The monoisotopic (exact) mass is 175 g/mol. The normalized spacial score (nSPS) is 10.9. The highest BCUT2D eigenvalue weighted by molar-refractivity contribution is 5.39. The molecule has 0 bridgehead atoms. The van der Waals surface area contributed by atoms with Crippen LogP contribution in [0.4, 0.5) is 0 Å². The third-order valence-electron chi connectivity index (χ3n) is 2.16. The predicted octanol–water partition coefficient (Wildman–Crippen LogP) is 1.99. The molecule has 0 radical (unpaired) electrons. The van der Waals surface area contributed by atoms with Crippen LogP contribution < -0.4 is 0 Å². The lowest BCUT2D eigenvalue weighted by atomic mass is 10.3. The molecule has 0 aliphatic heterocycles. The quantitative estimate of drug-likeness (QED) is 0.698. The Bertz CT molecular complexity index is 417. The third kappa shape index (κ3) is 1.30. The largest absolute Gasteiger partial charge is 0.284 e. The smallest absolute Gasteiger partial charge is 0.160 e. The number of hydrogen-bond acceptors (Lipinski definition) is 2. The minimum absolute atomic E-state index is 0.948. The van der Waals surface area contributed by atoms with Crippen LogP contribution in [0.1, 0.15) is 24.9 Å². The average molecular weight is 175 g/mol. The second-order valence-corrected chi connectivity index (χ2v) is 3.23. The van der Waals surface area contributed by atoms with Gasteiger partial charge in [0.15, 0.2) is 5.65 Å². The Morgan fingerprint density at radius 2 is 2.15 bits per heavy atom. The minimum Gasteiger partial charge on any atom is -0.284 e. The van der Waals surface area contributed by atoms with E-state index in [1.54, 1.807) is 0 Å². The summed E-state index contributed by atoms with van der Waals surface area (Å²) in [5.74, 6) is 1.07. The first-order valence-corrected chi connectivity index (χ1v) is 4.62. The zero-order valence-corrected chi connectivity index (χ0v) is 7.99. The van der Waals surface area contributed by atoms with Crippen molar-refractivity contribution in [2.24, 2.45) is 0 Å². The summed E-state index contributed by atoms with van der Waals surface area (Å²) in [5.41, 5.74) is 2.15. The molecule has 0 saturated heterocycles. The van der Waals surface area contributed by atoms with E-state index in [9.17, 15) is 0 Å². The van der Waals surface area contributed by atoms with Crippen molar-refractivity contribution in [3.63, 3.8) is 0 Å². The number of rotatable bonds is 2. The van der Waals surface area contributed by atoms with Gasteiger partial charge in [0.05, 0.1) is 0 Å². The predicted molar refractivity (Wildman–Crippen MR) is 51.7 cm³/mol. The molecule has 0 spiro atoms. The van der Waals surface area contributed by atoms with E-state index in [0.29, 0.717) is 0 Å². The van der Waals surface area contributed by atoms with Crippen molar-refractivity contribution in [3.8, 4) is 0 Å². The maximum atomic E-state index is 4.16. The van der Waals surface area contributed by atoms with E-state index in [-0.39, 0.29) is 0 Å². The highest BCUT2D eigenvalue weighted by atomic mass is 15.2. The molecule has 3 nitrogen and oxygen atoms in total. The van der Waals surface area contributed by atoms with Crippen LogP contribution in [-0.2, 0) is 6.42 Å². The summed E-state index contributed by atoms with van der Waals surface area (Å²) in [6.07, 6.45) is 2.10. The van der Waals surface area contributed by atoms with Gasteiger partial charge in [0.25, 0.3) is 0 Å². The van der Waals surface area contributed by atoms with Crippen molar-refractivity contribution < 1.29 is 0 Å². The van der Waals surface area contributed by atoms with Gasteiger partial charge in [-0.1, -0.05) is 13.0 Å². The van der Waals surface area contributed by atoms with Crippen molar-refractivity contribution in [2.75, 3.05) is 0 Å². The van der Waals surface area contributed by atoms with Crippen LogP contribution >= 0.6 is 0 Å². The number of nitrogens with zero attached hydrogens (tertiary/aromatic N) is 3. The van der Waals surface area contributed by atoms with Gasteiger partial charge < -0.3 is 0 Å². The van der Waals surface area contributed by atoms with Crippen molar-refractivity contribution in [3.05, 3.63) is 29.7 Å². The molecule has 2 aromatic heterocycles. The molecule has 68 valence electrons. The second kappa shape index (κ2) is 3.17. The molecular formula is C10H13N3. The number of hydrogen-bond donors (Lipinski definition) is 0. The van der Waals surface area contributed by atoms with Gasteiger partial charge in [-0.15, -0.1) is 10.2 Å². The summed E-state index contributed by atoms with van der Waals surface area (Å²) < 4.78 is 2.11. The lowest BCUT2D eigenvalue weighted by molar-refractivity contribution is 0.809. The van der Waals surface area contributed by atoms with Crippen molar-refractivity contribution in [1.82, 2.24) is 14.6 Å². The summed E-state index contributed by atoms with van der Waals surface area (Å²) in [5, 5.41) is 8.27. The zero-order valence-electron chi connectivity index (χ0n) is 7.99. The van der Waals surface area contributed by atoms with Crippen LogP contribution in [0.2, 0.25) is 0 Å². The zero-order chi connectivity index (χ0) is 9.26. The Hall–Kier alpha value is -1.38. The van der Waals surface area contributed by atoms with E-state index in [0.717, 1.165) is 24.3 Å². The van der Waals surface area contributed by atoms with Crippen LogP contribution in [0.15, 0.2) is 18.2 Å². The molecule has 0 N–H and O–H groups in total. The number of aromatic nitrogens is 3. The van der Waals surface area contributed by atoms with Gasteiger partial charge in [-0.3, -0.25) is 4.40 Å². The summed E-state index contributed by atoms with van der Waals surface area (Å²) in [4.78, 5) is 0.